The normalized spacial score (nSPS) is 13.9. The number of rotatable bonds is 4. The van der Waals surface area contributed by atoms with Crippen LogP contribution in [-0.2, 0) is 6.54 Å². The van der Waals surface area contributed by atoms with Crippen molar-refractivity contribution in [3.05, 3.63) is 21.9 Å². The first-order chi connectivity index (χ1) is 8.04. The lowest BCUT2D eigenvalue weighted by Crippen LogP contribution is -2.43. The topological polar surface area (TPSA) is 36.4 Å². The fourth-order valence-corrected chi connectivity index (χ4v) is 2.17. The van der Waals surface area contributed by atoms with Gasteiger partial charge in [0.2, 0.25) is 0 Å². The van der Waals surface area contributed by atoms with Crippen LogP contribution in [0.4, 0.5) is 0 Å². The number of nitrogens with one attached hydrogen (secondary N) is 2. The minimum atomic E-state index is 0.422. The molecule has 1 rings (SSSR count). The Morgan fingerprint density at radius 1 is 1.41 bits per heavy atom. The van der Waals surface area contributed by atoms with Crippen molar-refractivity contribution < 1.29 is 0 Å². The van der Waals surface area contributed by atoms with E-state index in [1.54, 1.807) is 11.3 Å². The van der Waals surface area contributed by atoms with Crippen LogP contribution in [0.3, 0.4) is 0 Å². The van der Waals surface area contributed by atoms with E-state index in [9.17, 15) is 0 Å². The van der Waals surface area contributed by atoms with Gasteiger partial charge in [-0.05, 0) is 36.8 Å². The van der Waals surface area contributed by atoms with Crippen LogP contribution < -0.4 is 10.6 Å². The van der Waals surface area contributed by atoms with Gasteiger partial charge in [-0.3, -0.25) is 4.99 Å². The molecular weight excluding hydrogens is 230 g/mol. The molecule has 0 amide bonds. The molecule has 0 aromatic carbocycles. The average Bonchev–Trinajstić information content (AvgIpc) is 2.69. The van der Waals surface area contributed by atoms with Crippen LogP contribution >= 0.6 is 11.3 Å². The van der Waals surface area contributed by atoms with Crippen LogP contribution in [-0.4, -0.2) is 19.0 Å². The molecule has 0 saturated carbocycles. The largest absolute Gasteiger partial charge is 0.354 e. The van der Waals surface area contributed by atoms with E-state index in [0.29, 0.717) is 12.0 Å². The molecule has 0 radical (unpaired) electrons. The standard InChI is InChI=1S/C13H23N3S/c1-9(2)11(4)16-13(14-5)15-8-12-10(3)6-7-17-12/h6-7,9,11H,8H2,1-5H3,(H2,14,15,16). The number of nitrogens with zero attached hydrogens (tertiary/aromatic N) is 1. The Bertz CT molecular complexity index is 368. The highest BCUT2D eigenvalue weighted by Gasteiger charge is 2.09. The predicted octanol–water partition coefficient (Wildman–Crippen LogP) is 2.77. The molecule has 0 saturated heterocycles. The Labute approximate surface area is 108 Å². The van der Waals surface area contributed by atoms with Crippen molar-refractivity contribution in [2.45, 2.75) is 40.3 Å². The summed E-state index contributed by atoms with van der Waals surface area (Å²) in [5.74, 6) is 1.47. The summed E-state index contributed by atoms with van der Waals surface area (Å²) in [6.45, 7) is 9.56. The van der Waals surface area contributed by atoms with E-state index in [1.165, 1.54) is 10.4 Å². The SMILES string of the molecule is CN=C(NCc1sccc1C)NC(C)C(C)C. The lowest BCUT2D eigenvalue weighted by atomic mass is 10.1. The van der Waals surface area contributed by atoms with Gasteiger partial charge in [0, 0.05) is 18.0 Å². The van der Waals surface area contributed by atoms with Gasteiger partial charge in [-0.25, -0.2) is 0 Å². The first-order valence-electron chi connectivity index (χ1n) is 6.04. The molecule has 4 heteroatoms. The summed E-state index contributed by atoms with van der Waals surface area (Å²) in [5.41, 5.74) is 1.34. The number of hydrogen-bond donors (Lipinski definition) is 2. The Hall–Kier alpha value is -1.03. The van der Waals surface area contributed by atoms with Crippen molar-refractivity contribution in [2.75, 3.05) is 7.05 Å². The Morgan fingerprint density at radius 3 is 2.59 bits per heavy atom. The van der Waals surface area contributed by atoms with Gasteiger partial charge < -0.3 is 10.6 Å². The molecule has 0 spiro atoms. The van der Waals surface area contributed by atoms with E-state index in [-0.39, 0.29) is 0 Å². The third kappa shape index (κ3) is 4.38. The molecule has 0 fully saturated rings. The lowest BCUT2D eigenvalue weighted by molar-refractivity contribution is 0.481. The number of thiophene rings is 1. The van der Waals surface area contributed by atoms with Crippen LogP contribution in [0.25, 0.3) is 0 Å². The molecule has 1 heterocycles. The minimum absolute atomic E-state index is 0.422. The highest BCUT2D eigenvalue weighted by molar-refractivity contribution is 7.10. The number of guanidine groups is 1. The third-order valence-corrected chi connectivity index (χ3v) is 4.00. The first kappa shape index (κ1) is 14.0. The van der Waals surface area contributed by atoms with Gasteiger partial charge in [0.1, 0.15) is 0 Å². The number of hydrogen-bond acceptors (Lipinski definition) is 2. The minimum Gasteiger partial charge on any atom is -0.354 e. The Kier molecular flexibility index (Phi) is 5.48. The molecule has 0 bridgehead atoms. The second kappa shape index (κ2) is 6.64. The van der Waals surface area contributed by atoms with Crippen molar-refractivity contribution in [1.82, 2.24) is 10.6 Å². The van der Waals surface area contributed by atoms with Crippen LogP contribution in [0.5, 0.6) is 0 Å². The molecular formula is C13H23N3S. The van der Waals surface area contributed by atoms with Crippen LogP contribution in [0, 0.1) is 12.8 Å². The fourth-order valence-electron chi connectivity index (χ4n) is 1.33. The first-order valence-corrected chi connectivity index (χ1v) is 6.92. The van der Waals surface area contributed by atoms with Crippen molar-refractivity contribution in [3.63, 3.8) is 0 Å². The molecule has 0 aliphatic rings. The van der Waals surface area contributed by atoms with Gasteiger partial charge >= 0.3 is 0 Å². The van der Waals surface area contributed by atoms with Crippen LogP contribution in [0.15, 0.2) is 16.4 Å². The highest BCUT2D eigenvalue weighted by atomic mass is 32.1. The maximum Gasteiger partial charge on any atom is 0.191 e. The van der Waals surface area contributed by atoms with Crippen molar-refractivity contribution in [2.24, 2.45) is 10.9 Å². The van der Waals surface area contributed by atoms with E-state index in [1.807, 2.05) is 7.05 Å². The molecule has 96 valence electrons. The summed E-state index contributed by atoms with van der Waals surface area (Å²) in [7, 11) is 1.81. The summed E-state index contributed by atoms with van der Waals surface area (Å²) in [5, 5.41) is 8.86. The van der Waals surface area contributed by atoms with Crippen molar-refractivity contribution in [3.8, 4) is 0 Å². The maximum absolute atomic E-state index is 4.24. The zero-order valence-corrected chi connectivity index (χ0v) is 12.2. The molecule has 2 N–H and O–H groups in total. The third-order valence-electron chi connectivity index (χ3n) is 2.97. The second-order valence-electron chi connectivity index (χ2n) is 4.63. The zero-order chi connectivity index (χ0) is 12.8. The van der Waals surface area contributed by atoms with Gasteiger partial charge in [0.05, 0.1) is 6.54 Å². The second-order valence-corrected chi connectivity index (χ2v) is 5.63. The predicted molar refractivity (Wildman–Crippen MR) is 76.7 cm³/mol. The maximum atomic E-state index is 4.24. The van der Waals surface area contributed by atoms with Crippen molar-refractivity contribution >= 4 is 17.3 Å². The van der Waals surface area contributed by atoms with Gasteiger partial charge in [0.15, 0.2) is 5.96 Å². The summed E-state index contributed by atoms with van der Waals surface area (Å²) in [4.78, 5) is 5.60. The molecule has 1 aromatic rings. The fraction of sp³-hybridized carbons (Fsp3) is 0.615. The number of aryl methyl sites for hydroxylation is 1. The zero-order valence-electron chi connectivity index (χ0n) is 11.4. The van der Waals surface area contributed by atoms with E-state index in [2.05, 4.69) is 54.8 Å². The molecule has 1 atom stereocenters. The Morgan fingerprint density at radius 2 is 2.12 bits per heavy atom. The number of aliphatic imine (C=N–C) groups is 1. The summed E-state index contributed by atoms with van der Waals surface area (Å²) < 4.78 is 0. The lowest BCUT2D eigenvalue weighted by Gasteiger charge is -2.20. The summed E-state index contributed by atoms with van der Waals surface area (Å²) >= 11 is 1.78. The smallest absolute Gasteiger partial charge is 0.191 e. The van der Waals surface area contributed by atoms with Crippen LogP contribution in [0.2, 0.25) is 0 Å². The van der Waals surface area contributed by atoms with Gasteiger partial charge in [0.25, 0.3) is 0 Å². The van der Waals surface area contributed by atoms with Gasteiger partial charge in [-0.1, -0.05) is 13.8 Å². The van der Waals surface area contributed by atoms with E-state index < -0.39 is 0 Å². The Balaban J connectivity index is 2.46. The molecule has 0 aliphatic heterocycles. The van der Waals surface area contributed by atoms with Gasteiger partial charge in [-0.2, -0.15) is 0 Å². The van der Waals surface area contributed by atoms with E-state index in [0.717, 1.165) is 12.5 Å². The summed E-state index contributed by atoms with van der Waals surface area (Å²) in [6, 6.07) is 2.57. The van der Waals surface area contributed by atoms with Crippen LogP contribution in [0.1, 0.15) is 31.2 Å². The molecule has 1 unspecified atom stereocenters. The monoisotopic (exact) mass is 253 g/mol. The summed E-state index contributed by atoms with van der Waals surface area (Å²) in [6.07, 6.45) is 0. The van der Waals surface area contributed by atoms with E-state index in [4.69, 9.17) is 0 Å². The highest BCUT2D eigenvalue weighted by Crippen LogP contribution is 2.14. The van der Waals surface area contributed by atoms with E-state index >= 15 is 0 Å². The molecule has 3 nitrogen and oxygen atoms in total. The molecule has 0 aliphatic carbocycles. The molecule has 17 heavy (non-hydrogen) atoms. The quantitative estimate of drug-likeness (QED) is 0.639. The average molecular weight is 253 g/mol. The van der Waals surface area contributed by atoms with Crippen molar-refractivity contribution in [1.29, 1.82) is 0 Å². The molecule has 1 aromatic heterocycles. The van der Waals surface area contributed by atoms with Gasteiger partial charge in [-0.15, -0.1) is 11.3 Å².